The molecule has 1 saturated heterocycles. The lowest BCUT2D eigenvalue weighted by Crippen LogP contribution is -2.45. The fourth-order valence-electron chi connectivity index (χ4n) is 5.21. The Morgan fingerprint density at radius 2 is 1.72 bits per heavy atom. The highest BCUT2D eigenvalue weighted by Crippen LogP contribution is 2.30. The number of hydrogen-bond acceptors (Lipinski definition) is 8. The number of nitrogens with zero attached hydrogens (tertiary/aromatic N) is 6. The van der Waals surface area contributed by atoms with Crippen LogP contribution in [0.15, 0.2) is 73.1 Å². The maximum atomic E-state index is 12.8. The van der Waals surface area contributed by atoms with Gasteiger partial charge in [-0.25, -0.2) is 0 Å². The summed E-state index contributed by atoms with van der Waals surface area (Å²) in [6.07, 6.45) is -1.71. The van der Waals surface area contributed by atoms with Crippen molar-refractivity contribution in [1.29, 1.82) is 0 Å². The number of aryl methyl sites for hydroxylation is 1. The molecule has 1 fully saturated rings. The molecule has 43 heavy (non-hydrogen) atoms. The van der Waals surface area contributed by atoms with Crippen LogP contribution in [0.4, 0.5) is 24.7 Å². The van der Waals surface area contributed by atoms with Gasteiger partial charge in [0.2, 0.25) is 0 Å². The monoisotopic (exact) mass is 594 g/mol. The van der Waals surface area contributed by atoms with E-state index in [1.807, 2.05) is 48.5 Å². The summed E-state index contributed by atoms with van der Waals surface area (Å²) < 4.78 is 51.7. The lowest BCUT2D eigenvalue weighted by atomic mass is 10.1. The van der Waals surface area contributed by atoms with Crippen LogP contribution in [0, 0.1) is 10.1 Å². The molecule has 0 spiro atoms. The van der Waals surface area contributed by atoms with E-state index in [0.29, 0.717) is 25.3 Å². The number of piperazine rings is 1. The number of benzene rings is 2. The predicted molar refractivity (Wildman–Crippen MR) is 152 cm³/mol. The third-order valence-corrected chi connectivity index (χ3v) is 7.64. The Balaban J connectivity index is 0.953. The second kappa shape index (κ2) is 11.9. The molecule has 1 atom stereocenters. The predicted octanol–water partition coefficient (Wildman–Crippen LogP) is 5.42. The Kier molecular flexibility index (Phi) is 7.89. The number of alkyl halides is 3. The summed E-state index contributed by atoms with van der Waals surface area (Å²) in [6.45, 7) is 5.24. The van der Waals surface area contributed by atoms with Gasteiger partial charge in [0.25, 0.3) is 0 Å². The number of anilines is 1. The number of imidazole rings is 1. The van der Waals surface area contributed by atoms with Crippen LogP contribution in [0.25, 0.3) is 11.3 Å². The molecule has 2 aliphatic rings. The lowest BCUT2D eigenvalue weighted by Gasteiger charge is -2.36. The highest BCUT2D eigenvalue weighted by Gasteiger charge is 2.31. The Morgan fingerprint density at radius 1 is 0.977 bits per heavy atom. The third kappa shape index (κ3) is 6.72. The summed E-state index contributed by atoms with van der Waals surface area (Å²) in [5, 5.41) is 10.9. The van der Waals surface area contributed by atoms with E-state index in [1.54, 1.807) is 4.57 Å². The number of pyridine rings is 1. The molecular formula is C30H29F3N6O4. The van der Waals surface area contributed by atoms with Crippen LogP contribution < -0.4 is 14.4 Å². The fourth-order valence-corrected chi connectivity index (χ4v) is 5.21. The largest absolute Gasteiger partial charge is 0.490 e. The van der Waals surface area contributed by atoms with Crippen molar-refractivity contribution in [2.24, 2.45) is 0 Å². The Hall–Kier alpha value is -4.65. The Bertz CT molecular complexity index is 1550. The molecular weight excluding hydrogens is 565 g/mol. The smallest absolute Gasteiger partial charge is 0.417 e. The molecule has 0 radical (unpaired) electrons. The first-order chi connectivity index (χ1) is 20.7. The number of ether oxygens (including phenoxy) is 2. The van der Waals surface area contributed by atoms with Crippen molar-refractivity contribution < 1.29 is 27.6 Å². The molecule has 10 nitrogen and oxygen atoms in total. The van der Waals surface area contributed by atoms with Crippen LogP contribution in [-0.4, -0.2) is 63.2 Å². The molecule has 0 bridgehead atoms. The van der Waals surface area contributed by atoms with Crippen LogP contribution in [0.1, 0.15) is 17.5 Å². The third-order valence-electron chi connectivity index (χ3n) is 7.64. The van der Waals surface area contributed by atoms with E-state index in [4.69, 9.17) is 9.47 Å². The highest BCUT2D eigenvalue weighted by molar-refractivity contribution is 5.59. The van der Waals surface area contributed by atoms with E-state index < -0.39 is 16.7 Å². The first-order valence-corrected chi connectivity index (χ1v) is 13.9. The van der Waals surface area contributed by atoms with Gasteiger partial charge in [-0.1, -0.05) is 24.3 Å². The SMILES string of the molecule is O=[N+]([O-])c1cn2c(n1)OC(COc1ccc(N3CCN(Cc4ccc(-c5ccc(C(F)(F)F)cn5)cc4)CC3)cc1)CC2. The summed E-state index contributed by atoms with van der Waals surface area (Å²) >= 11 is 0. The van der Waals surface area contributed by atoms with Gasteiger partial charge in [-0.15, -0.1) is 0 Å². The molecule has 1 unspecified atom stereocenters. The molecule has 2 aliphatic heterocycles. The van der Waals surface area contributed by atoms with Crippen molar-refractivity contribution in [1.82, 2.24) is 19.4 Å². The minimum atomic E-state index is -4.40. The van der Waals surface area contributed by atoms with Gasteiger partial charge in [0.1, 0.15) is 24.7 Å². The van der Waals surface area contributed by atoms with E-state index in [9.17, 15) is 23.3 Å². The number of hydrogen-bond donors (Lipinski definition) is 0. The molecule has 13 heteroatoms. The van der Waals surface area contributed by atoms with E-state index in [-0.39, 0.29) is 17.9 Å². The standard InChI is InChI=1S/C30H29F3N6O4/c31-30(32,33)23-5-10-27(34-17-23)22-3-1-21(2-4-22)18-36-13-15-37(16-14-36)24-6-8-25(9-7-24)42-20-26-11-12-38-19-28(39(40)41)35-29(38)43-26/h1-10,17,19,26H,11-16,18,20H2. The van der Waals surface area contributed by atoms with Crippen molar-refractivity contribution in [3.63, 3.8) is 0 Å². The van der Waals surface area contributed by atoms with Gasteiger partial charge in [-0.2, -0.15) is 13.2 Å². The van der Waals surface area contributed by atoms with Gasteiger partial charge in [-0.05, 0) is 46.9 Å². The molecule has 6 rings (SSSR count). The zero-order chi connectivity index (χ0) is 30.0. The van der Waals surface area contributed by atoms with Crippen LogP contribution >= 0.6 is 0 Å². The zero-order valence-corrected chi connectivity index (χ0v) is 23.1. The van der Waals surface area contributed by atoms with Crippen molar-refractivity contribution in [3.05, 3.63) is 94.3 Å². The number of halogens is 3. The van der Waals surface area contributed by atoms with E-state index in [0.717, 1.165) is 67.6 Å². The minimum absolute atomic E-state index is 0.223. The van der Waals surface area contributed by atoms with Crippen LogP contribution in [0.2, 0.25) is 0 Å². The molecule has 0 aliphatic carbocycles. The Labute approximate surface area is 245 Å². The van der Waals surface area contributed by atoms with Crippen LogP contribution in [0.3, 0.4) is 0 Å². The molecule has 4 aromatic rings. The van der Waals surface area contributed by atoms with E-state index in [2.05, 4.69) is 19.8 Å². The van der Waals surface area contributed by atoms with Gasteiger partial charge in [0.05, 0.1) is 11.3 Å². The molecule has 0 amide bonds. The summed E-state index contributed by atoms with van der Waals surface area (Å²) in [5.41, 5.74) is 2.78. The summed E-state index contributed by atoms with van der Waals surface area (Å²) in [4.78, 5) is 23.0. The average molecular weight is 595 g/mol. The molecule has 0 N–H and O–H groups in total. The van der Waals surface area contributed by atoms with Gasteiger partial charge in [0, 0.05) is 68.1 Å². The van der Waals surface area contributed by atoms with E-state index in [1.165, 1.54) is 12.3 Å². The van der Waals surface area contributed by atoms with Gasteiger partial charge < -0.3 is 24.5 Å². The first kappa shape index (κ1) is 28.5. The van der Waals surface area contributed by atoms with E-state index >= 15 is 0 Å². The van der Waals surface area contributed by atoms with Gasteiger partial charge in [-0.3, -0.25) is 14.5 Å². The molecule has 2 aromatic heterocycles. The number of nitro groups is 1. The average Bonchev–Trinajstić information content (AvgIpc) is 3.45. The molecule has 4 heterocycles. The normalized spacial score (nSPS) is 17.3. The maximum absolute atomic E-state index is 12.8. The summed E-state index contributed by atoms with van der Waals surface area (Å²) in [6, 6.07) is 18.4. The minimum Gasteiger partial charge on any atom is -0.490 e. The van der Waals surface area contributed by atoms with Gasteiger partial charge >= 0.3 is 18.0 Å². The van der Waals surface area contributed by atoms with Crippen molar-refractivity contribution in [3.8, 4) is 23.0 Å². The zero-order valence-electron chi connectivity index (χ0n) is 23.1. The maximum Gasteiger partial charge on any atom is 0.417 e. The summed E-state index contributed by atoms with van der Waals surface area (Å²) in [7, 11) is 0. The van der Waals surface area contributed by atoms with Crippen molar-refractivity contribution in [2.45, 2.75) is 31.8 Å². The highest BCUT2D eigenvalue weighted by atomic mass is 19.4. The lowest BCUT2D eigenvalue weighted by molar-refractivity contribution is -0.389. The number of aromatic nitrogens is 3. The topological polar surface area (TPSA) is 98.8 Å². The van der Waals surface area contributed by atoms with Crippen molar-refractivity contribution >= 4 is 11.5 Å². The van der Waals surface area contributed by atoms with Crippen LogP contribution in [-0.2, 0) is 19.3 Å². The molecule has 2 aromatic carbocycles. The Morgan fingerprint density at radius 3 is 2.37 bits per heavy atom. The fraction of sp³-hybridized carbons (Fsp3) is 0.333. The first-order valence-electron chi connectivity index (χ1n) is 13.9. The molecule has 224 valence electrons. The molecule has 0 saturated carbocycles. The second-order valence-electron chi connectivity index (χ2n) is 10.6. The summed E-state index contributed by atoms with van der Waals surface area (Å²) in [5.74, 6) is 0.500. The second-order valence-corrected chi connectivity index (χ2v) is 10.6. The van der Waals surface area contributed by atoms with Gasteiger partial charge in [0.15, 0.2) is 0 Å². The van der Waals surface area contributed by atoms with Crippen molar-refractivity contribution in [2.75, 3.05) is 37.7 Å². The quantitative estimate of drug-likeness (QED) is 0.197. The number of fused-ring (bicyclic) bond motifs is 1. The number of rotatable bonds is 8. The van der Waals surface area contributed by atoms with Crippen LogP contribution in [0.5, 0.6) is 11.8 Å².